The third-order valence-electron chi connectivity index (χ3n) is 4.51. The number of halogens is 2. The van der Waals surface area contributed by atoms with E-state index in [1.807, 2.05) is 0 Å². The number of urea groups is 1. The molecule has 0 spiro atoms. The normalized spacial score (nSPS) is 13.2. The number of carbonyl (C=O) groups excluding carboxylic acids is 3. The maximum Gasteiger partial charge on any atom is 0.351 e. The zero-order valence-corrected chi connectivity index (χ0v) is 18.1. The summed E-state index contributed by atoms with van der Waals surface area (Å²) >= 11 is 6.28. The second kappa shape index (κ2) is 10.2. The van der Waals surface area contributed by atoms with Crippen molar-refractivity contribution in [3.8, 4) is 11.5 Å². The van der Waals surface area contributed by atoms with E-state index in [1.165, 1.54) is 37.4 Å². The van der Waals surface area contributed by atoms with Gasteiger partial charge in [-0.3, -0.25) is 9.69 Å². The lowest BCUT2D eigenvalue weighted by Gasteiger charge is -2.14. The first-order valence-corrected chi connectivity index (χ1v) is 10.0. The minimum absolute atomic E-state index is 0.0182. The molecule has 32 heavy (non-hydrogen) atoms. The van der Waals surface area contributed by atoms with Crippen molar-refractivity contribution >= 4 is 35.2 Å². The third-order valence-corrected chi connectivity index (χ3v) is 4.79. The monoisotopic (exact) mass is 462 g/mol. The predicted octanol–water partition coefficient (Wildman–Crippen LogP) is 3.58. The predicted molar refractivity (Wildman–Crippen MR) is 114 cm³/mol. The van der Waals surface area contributed by atoms with Crippen LogP contribution < -0.4 is 9.47 Å². The highest BCUT2D eigenvalue weighted by Crippen LogP contribution is 2.37. The van der Waals surface area contributed by atoms with Crippen LogP contribution in [0.4, 0.5) is 9.18 Å². The van der Waals surface area contributed by atoms with Crippen LogP contribution in [0.25, 0.3) is 0 Å². The summed E-state index contributed by atoms with van der Waals surface area (Å²) in [5.74, 6) is -1.11. The van der Waals surface area contributed by atoms with Crippen LogP contribution in [-0.4, -0.2) is 48.8 Å². The van der Waals surface area contributed by atoms with Gasteiger partial charge in [-0.15, -0.1) is 0 Å². The first-order valence-electron chi connectivity index (χ1n) is 9.65. The van der Waals surface area contributed by atoms with Crippen molar-refractivity contribution in [2.45, 2.75) is 19.9 Å². The molecule has 3 rings (SSSR count). The van der Waals surface area contributed by atoms with Crippen molar-refractivity contribution in [3.63, 3.8) is 0 Å². The second-order valence-electron chi connectivity index (χ2n) is 6.74. The van der Waals surface area contributed by atoms with Crippen LogP contribution in [0.3, 0.4) is 0 Å². The van der Waals surface area contributed by atoms with E-state index in [0.29, 0.717) is 11.1 Å². The van der Waals surface area contributed by atoms with Crippen LogP contribution >= 0.6 is 11.6 Å². The van der Waals surface area contributed by atoms with Crippen LogP contribution in [0.15, 0.2) is 41.4 Å². The van der Waals surface area contributed by atoms with E-state index < -0.39 is 23.7 Å². The molecule has 0 radical (unpaired) electrons. The number of imide groups is 1. The molecule has 3 amide bonds. The summed E-state index contributed by atoms with van der Waals surface area (Å²) in [5.41, 5.74) is 1.19. The average molecular weight is 463 g/mol. The van der Waals surface area contributed by atoms with Crippen molar-refractivity contribution in [1.29, 1.82) is 0 Å². The van der Waals surface area contributed by atoms with Gasteiger partial charge in [0.2, 0.25) is 0 Å². The molecule has 10 heteroatoms. The summed E-state index contributed by atoms with van der Waals surface area (Å²) in [5, 5.41) is 0.157. The van der Waals surface area contributed by atoms with Gasteiger partial charge in [0, 0.05) is 6.42 Å². The van der Waals surface area contributed by atoms with E-state index in [0.717, 1.165) is 4.90 Å². The molecule has 168 valence electrons. The van der Waals surface area contributed by atoms with Gasteiger partial charge in [-0.2, -0.15) is 4.99 Å². The quantitative estimate of drug-likeness (QED) is 0.529. The molecular formula is C22H20ClFN2O6. The Balaban J connectivity index is 1.72. The van der Waals surface area contributed by atoms with Crippen LogP contribution in [0.1, 0.15) is 18.1 Å². The van der Waals surface area contributed by atoms with Gasteiger partial charge in [-0.25, -0.2) is 14.0 Å². The smallest absolute Gasteiger partial charge is 0.351 e. The Morgan fingerprint density at radius 3 is 2.53 bits per heavy atom. The summed E-state index contributed by atoms with van der Waals surface area (Å²) in [4.78, 5) is 41.3. The summed E-state index contributed by atoms with van der Waals surface area (Å²) in [6.07, 6.45) is 0.0265. The van der Waals surface area contributed by atoms with Gasteiger partial charge in [0.05, 0.1) is 25.3 Å². The van der Waals surface area contributed by atoms with Gasteiger partial charge < -0.3 is 14.2 Å². The van der Waals surface area contributed by atoms with Crippen LogP contribution in [0, 0.1) is 5.82 Å². The van der Waals surface area contributed by atoms with Gasteiger partial charge in [-0.05, 0) is 42.3 Å². The summed E-state index contributed by atoms with van der Waals surface area (Å²) in [7, 11) is 1.40. The van der Waals surface area contributed by atoms with Gasteiger partial charge in [0.1, 0.15) is 11.5 Å². The minimum Gasteiger partial charge on any atom is -0.493 e. The lowest BCUT2D eigenvalue weighted by molar-refractivity contribution is -0.145. The summed E-state index contributed by atoms with van der Waals surface area (Å²) in [6, 6.07) is 7.91. The van der Waals surface area contributed by atoms with Gasteiger partial charge >= 0.3 is 12.0 Å². The number of esters is 1. The molecule has 2 aromatic carbocycles. The maximum atomic E-state index is 13.1. The van der Waals surface area contributed by atoms with Gasteiger partial charge in [0.25, 0.3) is 5.91 Å². The van der Waals surface area contributed by atoms with E-state index in [2.05, 4.69) is 4.99 Å². The fourth-order valence-electron chi connectivity index (χ4n) is 3.04. The van der Waals surface area contributed by atoms with Crippen molar-refractivity contribution in [1.82, 2.24) is 4.90 Å². The highest BCUT2D eigenvalue weighted by Gasteiger charge is 2.33. The number of hydrogen-bond donors (Lipinski definition) is 0. The number of nitrogens with zero attached hydrogens (tertiary/aromatic N) is 2. The fraction of sp³-hybridized carbons (Fsp3) is 0.273. The van der Waals surface area contributed by atoms with E-state index in [9.17, 15) is 18.8 Å². The lowest BCUT2D eigenvalue weighted by atomic mass is 10.1. The highest BCUT2D eigenvalue weighted by atomic mass is 35.5. The molecule has 0 saturated heterocycles. The SMILES string of the molecule is CCOC(=O)COc1c(Cl)cc(CC2=NC(=O)N(Cc3ccc(F)cc3)C2=O)cc1OC. The Labute approximate surface area is 188 Å². The Hall–Kier alpha value is -3.46. The molecule has 1 heterocycles. The number of ether oxygens (including phenoxy) is 3. The molecular weight excluding hydrogens is 443 g/mol. The molecule has 0 aromatic heterocycles. The number of aliphatic imine (C=N–C) groups is 1. The number of benzene rings is 2. The lowest BCUT2D eigenvalue weighted by Crippen LogP contribution is -2.32. The molecule has 0 N–H and O–H groups in total. The molecule has 0 fully saturated rings. The number of rotatable bonds is 9. The molecule has 8 nitrogen and oxygen atoms in total. The van der Waals surface area contributed by atoms with Crippen molar-refractivity contribution in [2.75, 3.05) is 20.3 Å². The molecule has 2 aromatic rings. The molecule has 0 unspecified atom stereocenters. The molecule has 0 saturated carbocycles. The van der Waals surface area contributed by atoms with E-state index in [1.54, 1.807) is 13.0 Å². The van der Waals surface area contributed by atoms with Crippen LogP contribution in [-0.2, 0) is 27.3 Å². The number of methoxy groups -OCH3 is 1. The Bertz CT molecular complexity index is 1070. The minimum atomic E-state index is -0.693. The van der Waals surface area contributed by atoms with Crippen molar-refractivity contribution in [3.05, 3.63) is 58.4 Å². The van der Waals surface area contributed by atoms with Crippen molar-refractivity contribution in [2.24, 2.45) is 4.99 Å². The van der Waals surface area contributed by atoms with E-state index in [-0.39, 0.29) is 48.4 Å². The fourth-order valence-corrected chi connectivity index (χ4v) is 3.32. The first-order chi connectivity index (χ1) is 15.3. The topological polar surface area (TPSA) is 94.5 Å². The Morgan fingerprint density at radius 2 is 1.88 bits per heavy atom. The molecule has 0 aliphatic carbocycles. The molecule has 0 bridgehead atoms. The van der Waals surface area contributed by atoms with Gasteiger partial charge in [0.15, 0.2) is 18.1 Å². The van der Waals surface area contributed by atoms with E-state index in [4.69, 9.17) is 25.8 Å². The molecule has 0 atom stereocenters. The first kappa shape index (κ1) is 23.2. The van der Waals surface area contributed by atoms with Crippen molar-refractivity contribution < 1.29 is 33.0 Å². The average Bonchev–Trinajstić information content (AvgIpc) is 3.01. The largest absolute Gasteiger partial charge is 0.493 e. The Kier molecular flexibility index (Phi) is 7.42. The summed E-state index contributed by atoms with van der Waals surface area (Å²) in [6.45, 7) is 1.54. The molecule has 1 aliphatic rings. The standard InChI is InChI=1S/C22H20ClFN2O6/c1-3-31-19(27)12-32-20-16(23)8-14(10-18(20)30-2)9-17-21(28)26(22(29)25-17)11-13-4-6-15(24)7-5-13/h4-8,10H,3,9,11-12H2,1-2H3. The summed E-state index contributed by atoms with van der Waals surface area (Å²) < 4.78 is 28.6. The molecule has 1 aliphatic heterocycles. The highest BCUT2D eigenvalue weighted by molar-refractivity contribution is 6.46. The number of carbonyl (C=O) groups is 3. The zero-order valence-electron chi connectivity index (χ0n) is 17.4. The van der Waals surface area contributed by atoms with Gasteiger partial charge in [-0.1, -0.05) is 23.7 Å². The number of hydrogen-bond acceptors (Lipinski definition) is 6. The maximum absolute atomic E-state index is 13.1. The number of amides is 3. The van der Waals surface area contributed by atoms with Crippen LogP contribution in [0.5, 0.6) is 11.5 Å². The Morgan fingerprint density at radius 1 is 1.16 bits per heavy atom. The third kappa shape index (κ3) is 5.42. The zero-order chi connectivity index (χ0) is 23.3. The van der Waals surface area contributed by atoms with E-state index >= 15 is 0 Å². The van der Waals surface area contributed by atoms with Crippen LogP contribution in [0.2, 0.25) is 5.02 Å². The second-order valence-corrected chi connectivity index (χ2v) is 7.15.